The van der Waals surface area contributed by atoms with Gasteiger partial charge in [0, 0.05) is 31.7 Å². The average Bonchev–Trinajstić information content (AvgIpc) is 3.12. The zero-order valence-electron chi connectivity index (χ0n) is 10.6. The van der Waals surface area contributed by atoms with Crippen LogP contribution in [-0.2, 0) is 11.3 Å². The first-order valence-electron chi connectivity index (χ1n) is 6.38. The Morgan fingerprint density at radius 1 is 1.32 bits per heavy atom. The van der Waals surface area contributed by atoms with Crippen LogP contribution in [-0.4, -0.2) is 44.5 Å². The van der Waals surface area contributed by atoms with E-state index in [9.17, 15) is 0 Å². The van der Waals surface area contributed by atoms with Crippen molar-refractivity contribution in [3.05, 3.63) is 30.7 Å². The van der Waals surface area contributed by atoms with E-state index < -0.39 is 0 Å². The van der Waals surface area contributed by atoms with Gasteiger partial charge in [0.25, 0.3) is 0 Å². The first-order chi connectivity index (χ1) is 9.42. The summed E-state index contributed by atoms with van der Waals surface area (Å²) in [7, 11) is 0. The van der Waals surface area contributed by atoms with E-state index >= 15 is 0 Å². The van der Waals surface area contributed by atoms with Crippen molar-refractivity contribution < 1.29 is 4.74 Å². The number of aromatic nitrogens is 5. The topological polar surface area (TPSA) is 77.8 Å². The molecule has 0 amide bonds. The molecular weight excluding hydrogens is 244 g/mol. The zero-order valence-corrected chi connectivity index (χ0v) is 10.6. The Bertz CT molecular complexity index is 509. The summed E-state index contributed by atoms with van der Waals surface area (Å²) in [5, 5.41) is 10.8. The van der Waals surface area contributed by atoms with Crippen LogP contribution in [0.5, 0.6) is 0 Å². The highest BCUT2D eigenvalue weighted by Gasteiger charge is 2.19. The molecule has 2 aromatic rings. The Morgan fingerprint density at radius 2 is 2.21 bits per heavy atom. The number of ether oxygens (including phenoxy) is 1. The second kappa shape index (κ2) is 5.75. The molecule has 1 N–H and O–H groups in total. The van der Waals surface area contributed by atoms with Gasteiger partial charge in [-0.15, -0.1) is 10.2 Å². The van der Waals surface area contributed by atoms with Crippen LogP contribution in [0.15, 0.2) is 25.0 Å². The molecular formula is C12H16N6O. The first-order valence-corrected chi connectivity index (χ1v) is 6.38. The van der Waals surface area contributed by atoms with Gasteiger partial charge in [0.2, 0.25) is 0 Å². The molecule has 1 fully saturated rings. The van der Waals surface area contributed by atoms with E-state index in [1.807, 2.05) is 10.6 Å². The third kappa shape index (κ3) is 3.05. The minimum absolute atomic E-state index is 0.404. The Labute approximate surface area is 111 Å². The monoisotopic (exact) mass is 260 g/mol. The lowest BCUT2D eigenvalue weighted by atomic mass is 10.1. The summed E-state index contributed by atoms with van der Waals surface area (Å²) in [6.45, 7) is 3.16. The van der Waals surface area contributed by atoms with Gasteiger partial charge in [-0.25, -0.2) is 9.97 Å². The molecule has 7 nitrogen and oxygen atoms in total. The van der Waals surface area contributed by atoms with Gasteiger partial charge in [-0.05, 0) is 6.42 Å². The molecule has 7 heteroatoms. The molecule has 0 bridgehead atoms. The lowest BCUT2D eigenvalue weighted by molar-refractivity contribution is 0.193. The summed E-state index contributed by atoms with van der Waals surface area (Å²) < 4.78 is 7.30. The fraction of sp³-hybridized carbons (Fsp3) is 0.500. The molecule has 2 aromatic heterocycles. The molecule has 3 rings (SSSR count). The summed E-state index contributed by atoms with van der Waals surface area (Å²) in [6, 6.07) is 2.01. The molecule has 0 spiro atoms. The summed E-state index contributed by atoms with van der Waals surface area (Å²) in [6.07, 6.45) is 6.04. The predicted molar refractivity (Wildman–Crippen MR) is 68.7 cm³/mol. The van der Waals surface area contributed by atoms with Crippen LogP contribution in [0, 0.1) is 0 Å². The van der Waals surface area contributed by atoms with Gasteiger partial charge in [0.15, 0.2) is 0 Å². The lowest BCUT2D eigenvalue weighted by Gasteiger charge is -2.09. The first kappa shape index (κ1) is 12.0. The predicted octanol–water partition coefficient (Wildman–Crippen LogP) is 0.684. The molecule has 100 valence electrons. The van der Waals surface area contributed by atoms with Crippen molar-refractivity contribution in [2.24, 2.45) is 0 Å². The molecule has 0 aromatic carbocycles. The van der Waals surface area contributed by atoms with Crippen molar-refractivity contribution in [2.75, 3.05) is 25.1 Å². The maximum atomic E-state index is 5.38. The Morgan fingerprint density at radius 3 is 3.00 bits per heavy atom. The number of nitrogens with one attached hydrogen (secondary N) is 1. The molecule has 1 atom stereocenters. The standard InChI is InChI=1S/C12H16N6O/c1-4-19-6-10(1)11-5-12(15-7-14-11)13-2-3-18-8-16-17-9-18/h5,7-10H,1-4,6H2,(H,13,14,15)/t10-/m0/s1. The molecule has 1 saturated heterocycles. The van der Waals surface area contributed by atoms with E-state index in [0.717, 1.165) is 44.2 Å². The van der Waals surface area contributed by atoms with Crippen LogP contribution < -0.4 is 5.32 Å². The summed E-state index contributed by atoms with van der Waals surface area (Å²) >= 11 is 0. The van der Waals surface area contributed by atoms with E-state index in [1.165, 1.54) is 0 Å². The fourth-order valence-corrected chi connectivity index (χ4v) is 2.11. The van der Waals surface area contributed by atoms with Gasteiger partial charge in [-0.3, -0.25) is 0 Å². The van der Waals surface area contributed by atoms with Crippen molar-refractivity contribution in [3.63, 3.8) is 0 Å². The molecule has 19 heavy (non-hydrogen) atoms. The molecule has 0 unspecified atom stereocenters. The van der Waals surface area contributed by atoms with Crippen molar-refractivity contribution in [3.8, 4) is 0 Å². The van der Waals surface area contributed by atoms with Crippen molar-refractivity contribution in [1.29, 1.82) is 0 Å². The third-order valence-corrected chi connectivity index (χ3v) is 3.18. The van der Waals surface area contributed by atoms with Gasteiger partial charge in [0.05, 0.1) is 12.3 Å². The highest BCUT2D eigenvalue weighted by atomic mass is 16.5. The van der Waals surface area contributed by atoms with E-state index in [-0.39, 0.29) is 0 Å². The number of hydrogen-bond acceptors (Lipinski definition) is 6. The summed E-state index contributed by atoms with van der Waals surface area (Å²) in [5.41, 5.74) is 1.05. The van der Waals surface area contributed by atoms with Gasteiger partial charge >= 0.3 is 0 Å². The van der Waals surface area contributed by atoms with Crippen LogP contribution in [0.4, 0.5) is 5.82 Å². The second-order valence-electron chi connectivity index (χ2n) is 4.52. The Kier molecular flexibility index (Phi) is 3.64. The van der Waals surface area contributed by atoms with E-state index in [2.05, 4.69) is 25.5 Å². The normalized spacial score (nSPS) is 18.6. The van der Waals surface area contributed by atoms with Gasteiger partial charge in [-0.1, -0.05) is 0 Å². The van der Waals surface area contributed by atoms with Gasteiger partial charge in [0.1, 0.15) is 24.8 Å². The SMILES string of the molecule is c1nc(NCCn2cnnc2)cc([C@H]2CCOC2)n1. The highest BCUT2D eigenvalue weighted by molar-refractivity contribution is 5.35. The largest absolute Gasteiger partial charge is 0.381 e. The minimum atomic E-state index is 0.404. The number of anilines is 1. The lowest BCUT2D eigenvalue weighted by Crippen LogP contribution is -2.11. The van der Waals surface area contributed by atoms with Crippen LogP contribution in [0.2, 0.25) is 0 Å². The third-order valence-electron chi connectivity index (χ3n) is 3.18. The molecule has 0 radical (unpaired) electrons. The number of hydrogen-bond donors (Lipinski definition) is 1. The molecule has 3 heterocycles. The smallest absolute Gasteiger partial charge is 0.129 e. The molecule has 0 aliphatic carbocycles. The Balaban J connectivity index is 1.56. The van der Waals surface area contributed by atoms with Gasteiger partial charge in [-0.2, -0.15) is 0 Å². The Hall–Kier alpha value is -2.02. The summed E-state index contributed by atoms with van der Waals surface area (Å²) in [4.78, 5) is 8.55. The minimum Gasteiger partial charge on any atom is -0.381 e. The van der Waals surface area contributed by atoms with E-state index in [1.54, 1.807) is 19.0 Å². The molecule has 1 aliphatic heterocycles. The van der Waals surface area contributed by atoms with Crippen molar-refractivity contribution in [2.45, 2.75) is 18.9 Å². The van der Waals surface area contributed by atoms with E-state index in [4.69, 9.17) is 4.74 Å². The van der Waals surface area contributed by atoms with Crippen LogP contribution >= 0.6 is 0 Å². The number of rotatable bonds is 5. The highest BCUT2D eigenvalue weighted by Crippen LogP contribution is 2.24. The van der Waals surface area contributed by atoms with E-state index in [0.29, 0.717) is 5.92 Å². The maximum absolute atomic E-state index is 5.38. The van der Waals surface area contributed by atoms with Crippen LogP contribution in [0.1, 0.15) is 18.0 Å². The zero-order chi connectivity index (χ0) is 12.9. The number of nitrogens with zero attached hydrogens (tertiary/aromatic N) is 5. The van der Waals surface area contributed by atoms with Crippen LogP contribution in [0.25, 0.3) is 0 Å². The van der Waals surface area contributed by atoms with Crippen LogP contribution in [0.3, 0.4) is 0 Å². The fourth-order valence-electron chi connectivity index (χ4n) is 2.11. The molecule has 0 saturated carbocycles. The molecule has 1 aliphatic rings. The average molecular weight is 260 g/mol. The second-order valence-corrected chi connectivity index (χ2v) is 4.52. The summed E-state index contributed by atoms with van der Waals surface area (Å²) in [5.74, 6) is 1.26. The van der Waals surface area contributed by atoms with Crippen molar-refractivity contribution in [1.82, 2.24) is 24.7 Å². The maximum Gasteiger partial charge on any atom is 0.129 e. The van der Waals surface area contributed by atoms with Gasteiger partial charge < -0.3 is 14.6 Å². The quantitative estimate of drug-likeness (QED) is 0.852. The van der Waals surface area contributed by atoms with Crippen molar-refractivity contribution >= 4 is 5.82 Å².